The molecule has 0 spiro atoms. The number of likely N-dealkylation sites (tertiary alicyclic amines) is 1. The molecule has 3 heteroatoms. The van der Waals surface area contributed by atoms with Gasteiger partial charge in [-0.05, 0) is 43.0 Å². The summed E-state index contributed by atoms with van der Waals surface area (Å²) in [6, 6.07) is 8.39. The fourth-order valence-electron chi connectivity index (χ4n) is 2.67. The van der Waals surface area contributed by atoms with Crippen molar-refractivity contribution in [1.82, 2.24) is 4.90 Å². The highest BCUT2D eigenvalue weighted by Crippen LogP contribution is 2.30. The number of rotatable bonds is 4. The fraction of sp³-hybridized carbons (Fsp3) is 0.600. The molecule has 1 aromatic carbocycles. The van der Waals surface area contributed by atoms with E-state index >= 15 is 0 Å². The molecule has 2 rings (SSSR count). The molecular weight excluding hydrogens is 288 g/mol. The number of benzene rings is 1. The second-order valence-electron chi connectivity index (χ2n) is 6.11. The van der Waals surface area contributed by atoms with Crippen molar-refractivity contribution >= 4 is 15.9 Å². The van der Waals surface area contributed by atoms with Crippen LogP contribution in [0.4, 0.5) is 0 Å². The van der Waals surface area contributed by atoms with E-state index in [-0.39, 0.29) is 6.04 Å². The van der Waals surface area contributed by atoms with Gasteiger partial charge in [0, 0.05) is 17.1 Å². The zero-order chi connectivity index (χ0) is 13.2. The number of nitrogens with two attached hydrogens (primary N) is 1. The molecule has 1 saturated heterocycles. The maximum Gasteiger partial charge on any atom is 0.0318 e. The van der Waals surface area contributed by atoms with Crippen LogP contribution in [-0.4, -0.2) is 24.5 Å². The molecule has 1 unspecified atom stereocenters. The minimum atomic E-state index is 0.129. The number of hydrogen-bond donors (Lipinski definition) is 1. The van der Waals surface area contributed by atoms with Gasteiger partial charge in [0.15, 0.2) is 0 Å². The summed E-state index contributed by atoms with van der Waals surface area (Å²) in [6.07, 6.45) is 2.33. The van der Waals surface area contributed by atoms with E-state index in [1.54, 1.807) is 0 Å². The Bertz CT molecular complexity index is 403. The maximum absolute atomic E-state index is 6.28. The predicted molar refractivity (Wildman–Crippen MR) is 80.5 cm³/mol. The van der Waals surface area contributed by atoms with E-state index in [0.29, 0.717) is 5.41 Å². The van der Waals surface area contributed by atoms with E-state index < -0.39 is 0 Å². The Balaban J connectivity index is 1.86. The van der Waals surface area contributed by atoms with E-state index in [0.717, 1.165) is 17.4 Å². The van der Waals surface area contributed by atoms with E-state index in [9.17, 15) is 0 Å². The Labute approximate surface area is 119 Å². The molecule has 0 aliphatic carbocycles. The van der Waals surface area contributed by atoms with Crippen molar-refractivity contribution in [1.29, 1.82) is 0 Å². The van der Waals surface area contributed by atoms with Crippen LogP contribution in [0.25, 0.3) is 0 Å². The van der Waals surface area contributed by atoms with Crippen LogP contribution in [0, 0.1) is 5.41 Å². The third-order valence-corrected chi connectivity index (χ3v) is 4.54. The van der Waals surface area contributed by atoms with Crippen LogP contribution in [-0.2, 0) is 0 Å². The maximum atomic E-state index is 6.28. The van der Waals surface area contributed by atoms with Crippen LogP contribution < -0.4 is 5.73 Å². The SMILES string of the molecule is CC1(C)CCN(CCC(N)c2ccccc2Br)C1. The van der Waals surface area contributed by atoms with Gasteiger partial charge in [0.25, 0.3) is 0 Å². The first-order valence-electron chi connectivity index (χ1n) is 6.70. The fourth-order valence-corrected chi connectivity index (χ4v) is 3.25. The Morgan fingerprint density at radius 3 is 2.72 bits per heavy atom. The van der Waals surface area contributed by atoms with Crippen molar-refractivity contribution in [2.24, 2.45) is 11.1 Å². The summed E-state index contributed by atoms with van der Waals surface area (Å²) in [5, 5.41) is 0. The predicted octanol–water partition coefficient (Wildman–Crippen LogP) is 3.57. The van der Waals surface area contributed by atoms with Crippen molar-refractivity contribution in [3.63, 3.8) is 0 Å². The molecule has 1 heterocycles. The Morgan fingerprint density at radius 2 is 2.11 bits per heavy atom. The first-order chi connectivity index (χ1) is 8.48. The second kappa shape index (κ2) is 5.72. The molecule has 0 radical (unpaired) electrons. The molecular formula is C15H23BrN2. The lowest BCUT2D eigenvalue weighted by molar-refractivity contribution is 0.281. The molecule has 1 aliphatic heterocycles. The zero-order valence-electron chi connectivity index (χ0n) is 11.3. The van der Waals surface area contributed by atoms with Gasteiger partial charge in [-0.1, -0.05) is 48.0 Å². The number of nitrogens with zero attached hydrogens (tertiary/aromatic N) is 1. The van der Waals surface area contributed by atoms with Gasteiger partial charge in [-0.2, -0.15) is 0 Å². The Hall–Kier alpha value is -0.380. The number of halogens is 1. The molecule has 0 saturated carbocycles. The smallest absolute Gasteiger partial charge is 0.0318 e. The average molecular weight is 311 g/mol. The third-order valence-electron chi connectivity index (χ3n) is 3.82. The van der Waals surface area contributed by atoms with Crippen LogP contribution in [0.15, 0.2) is 28.7 Å². The highest BCUT2D eigenvalue weighted by molar-refractivity contribution is 9.10. The van der Waals surface area contributed by atoms with Crippen LogP contribution in [0.2, 0.25) is 0 Å². The van der Waals surface area contributed by atoms with Gasteiger partial charge in [-0.15, -0.1) is 0 Å². The van der Waals surface area contributed by atoms with E-state index in [2.05, 4.69) is 52.9 Å². The minimum absolute atomic E-state index is 0.129. The summed E-state index contributed by atoms with van der Waals surface area (Å²) in [5.41, 5.74) is 7.99. The van der Waals surface area contributed by atoms with Crippen molar-refractivity contribution in [3.8, 4) is 0 Å². The van der Waals surface area contributed by atoms with Gasteiger partial charge in [-0.3, -0.25) is 0 Å². The molecule has 1 atom stereocenters. The highest BCUT2D eigenvalue weighted by atomic mass is 79.9. The normalized spacial score (nSPS) is 21.1. The van der Waals surface area contributed by atoms with Gasteiger partial charge in [-0.25, -0.2) is 0 Å². The van der Waals surface area contributed by atoms with Gasteiger partial charge in [0.05, 0.1) is 0 Å². The van der Waals surface area contributed by atoms with Gasteiger partial charge in [0.1, 0.15) is 0 Å². The van der Waals surface area contributed by atoms with E-state index in [1.165, 1.54) is 25.1 Å². The van der Waals surface area contributed by atoms with Crippen LogP contribution >= 0.6 is 15.9 Å². The van der Waals surface area contributed by atoms with Crippen molar-refractivity contribution in [3.05, 3.63) is 34.3 Å². The first kappa shape index (κ1) is 14.0. The van der Waals surface area contributed by atoms with Gasteiger partial charge in [0.2, 0.25) is 0 Å². The topological polar surface area (TPSA) is 29.3 Å². The summed E-state index contributed by atoms with van der Waals surface area (Å²) in [4.78, 5) is 2.54. The van der Waals surface area contributed by atoms with Crippen LogP contribution in [0.5, 0.6) is 0 Å². The molecule has 0 bridgehead atoms. The average Bonchev–Trinajstić information content (AvgIpc) is 2.66. The van der Waals surface area contributed by atoms with E-state index in [4.69, 9.17) is 5.73 Å². The summed E-state index contributed by atoms with van der Waals surface area (Å²) in [6.45, 7) is 8.22. The highest BCUT2D eigenvalue weighted by Gasteiger charge is 2.28. The first-order valence-corrected chi connectivity index (χ1v) is 7.50. The molecule has 1 fully saturated rings. The number of hydrogen-bond acceptors (Lipinski definition) is 2. The molecule has 2 nitrogen and oxygen atoms in total. The second-order valence-corrected chi connectivity index (χ2v) is 6.96. The molecule has 0 amide bonds. The molecule has 1 aromatic rings. The summed E-state index contributed by atoms with van der Waals surface area (Å²) >= 11 is 3.57. The summed E-state index contributed by atoms with van der Waals surface area (Å²) in [7, 11) is 0. The summed E-state index contributed by atoms with van der Waals surface area (Å²) in [5.74, 6) is 0. The lowest BCUT2D eigenvalue weighted by Crippen LogP contribution is -2.27. The van der Waals surface area contributed by atoms with Crippen molar-refractivity contribution < 1.29 is 0 Å². The monoisotopic (exact) mass is 310 g/mol. The van der Waals surface area contributed by atoms with Crippen molar-refractivity contribution in [2.45, 2.75) is 32.7 Å². The Kier molecular flexibility index (Phi) is 4.46. The molecule has 2 N–H and O–H groups in total. The zero-order valence-corrected chi connectivity index (χ0v) is 12.9. The molecule has 0 aromatic heterocycles. The lowest BCUT2D eigenvalue weighted by Gasteiger charge is -2.21. The standard InChI is InChI=1S/C15H23BrN2/c1-15(2)8-10-18(11-15)9-7-14(17)12-5-3-4-6-13(12)16/h3-6,14H,7-11,17H2,1-2H3. The third kappa shape index (κ3) is 3.56. The quantitative estimate of drug-likeness (QED) is 0.921. The van der Waals surface area contributed by atoms with Crippen molar-refractivity contribution in [2.75, 3.05) is 19.6 Å². The summed E-state index contributed by atoms with van der Waals surface area (Å²) < 4.78 is 1.12. The molecule has 18 heavy (non-hydrogen) atoms. The van der Waals surface area contributed by atoms with E-state index in [1.807, 2.05) is 6.07 Å². The molecule has 100 valence electrons. The minimum Gasteiger partial charge on any atom is -0.324 e. The van der Waals surface area contributed by atoms with Crippen LogP contribution in [0.3, 0.4) is 0 Å². The Morgan fingerprint density at radius 1 is 1.39 bits per heavy atom. The largest absolute Gasteiger partial charge is 0.324 e. The van der Waals surface area contributed by atoms with Gasteiger partial charge < -0.3 is 10.6 Å². The van der Waals surface area contributed by atoms with Crippen LogP contribution in [0.1, 0.15) is 38.3 Å². The molecule has 1 aliphatic rings. The lowest BCUT2D eigenvalue weighted by atomic mass is 9.93. The van der Waals surface area contributed by atoms with Gasteiger partial charge >= 0.3 is 0 Å².